The summed E-state index contributed by atoms with van der Waals surface area (Å²) in [5.74, 6) is -0.935. The van der Waals surface area contributed by atoms with Crippen molar-refractivity contribution in [3.63, 3.8) is 0 Å². The number of carbonyl (C=O) groups excluding carboxylic acids is 2. The van der Waals surface area contributed by atoms with E-state index in [-0.39, 0.29) is 26.1 Å². The van der Waals surface area contributed by atoms with E-state index in [0.717, 1.165) is 64.2 Å². The Kier molecular flexibility index (Phi) is 35.3. The number of rotatable bonds is 40. The Hall–Kier alpha value is -2.02. The van der Waals surface area contributed by atoms with Crippen molar-refractivity contribution in [2.45, 2.75) is 261 Å². The molecule has 0 aliphatic carbocycles. The van der Waals surface area contributed by atoms with Gasteiger partial charge in [0.1, 0.15) is 55.4 Å². The van der Waals surface area contributed by atoms with E-state index < -0.39 is 92.7 Å². The third kappa shape index (κ3) is 26.7. The molecule has 0 spiro atoms. The molecule has 0 radical (unpaired) electrons. The molecule has 2 rings (SSSR count). The smallest absolute Gasteiger partial charge is 0.306 e. The van der Waals surface area contributed by atoms with Crippen molar-refractivity contribution in [2.75, 3.05) is 26.4 Å². The maximum absolute atomic E-state index is 13.0. The highest BCUT2D eigenvalue weighted by atomic mass is 16.7. The molecule has 2 heterocycles. The van der Waals surface area contributed by atoms with Gasteiger partial charge in [0.05, 0.1) is 19.8 Å². The fraction of sp³-hybridized carbons (Fsp3) is 0.882. The van der Waals surface area contributed by atoms with Crippen LogP contribution in [0.4, 0.5) is 0 Å². The molecule has 0 bridgehead atoms. The van der Waals surface area contributed by atoms with Gasteiger partial charge in [0, 0.05) is 12.8 Å². The Labute approximate surface area is 396 Å². The lowest BCUT2D eigenvalue weighted by Crippen LogP contribution is -2.61. The van der Waals surface area contributed by atoms with Crippen molar-refractivity contribution in [3.8, 4) is 0 Å². The van der Waals surface area contributed by atoms with Crippen LogP contribution in [0.25, 0.3) is 0 Å². The van der Waals surface area contributed by atoms with Crippen LogP contribution in [-0.4, -0.2) is 142 Å². The number of hydrogen-bond donors (Lipinski definition) is 7. The molecule has 2 fully saturated rings. The maximum atomic E-state index is 13.0. The van der Waals surface area contributed by atoms with Gasteiger partial charge in [-0.1, -0.05) is 141 Å². The fourth-order valence-electron chi connectivity index (χ4n) is 8.09. The predicted molar refractivity (Wildman–Crippen MR) is 252 cm³/mol. The lowest BCUT2D eigenvalue weighted by Gasteiger charge is -2.42. The zero-order valence-corrected chi connectivity index (χ0v) is 40.7. The fourth-order valence-corrected chi connectivity index (χ4v) is 8.09. The van der Waals surface area contributed by atoms with E-state index in [0.29, 0.717) is 12.8 Å². The van der Waals surface area contributed by atoms with Gasteiger partial charge in [-0.2, -0.15) is 0 Å². The van der Waals surface area contributed by atoms with Crippen LogP contribution < -0.4 is 0 Å². The summed E-state index contributed by atoms with van der Waals surface area (Å²) >= 11 is 0. The van der Waals surface area contributed by atoms with E-state index >= 15 is 0 Å². The molecule has 0 aromatic rings. The second-order valence-corrected chi connectivity index (χ2v) is 18.3. The molecule has 66 heavy (non-hydrogen) atoms. The summed E-state index contributed by atoms with van der Waals surface area (Å²) < 4.78 is 33.6. The van der Waals surface area contributed by atoms with Gasteiger partial charge in [-0.05, 0) is 64.2 Å². The standard InChI is InChI=1S/C51H92O15/c1-3-5-7-9-11-13-15-17-19-21-23-25-27-29-31-33-42(53)61-36-39(64-43(54)34-32-30-28-26-24-22-20-18-16-14-12-10-8-6-4-2)37-62-50-49(60)47(58)45(56)41(66-50)38-63-51-48(59)46(57)44(55)40(35-52)65-51/h13,15,18,20,39-41,44-52,55-60H,3-12,14,16-17,19,21-38H2,1-2H3/b15-13+,20-18+/t39-,40-,41-,44+,45+,46?,47?,48?,49?,50-,51-/m1/s1. The molecule has 15 nitrogen and oxygen atoms in total. The molecule has 4 unspecified atom stereocenters. The summed E-state index contributed by atoms with van der Waals surface area (Å²) in [5, 5.41) is 72.1. The molecule has 0 amide bonds. The highest BCUT2D eigenvalue weighted by molar-refractivity contribution is 5.70. The zero-order chi connectivity index (χ0) is 48.2. The molecule has 11 atom stereocenters. The summed E-state index contributed by atoms with van der Waals surface area (Å²) in [6.45, 7) is 2.57. The molecule has 15 heteroatoms. The van der Waals surface area contributed by atoms with Crippen molar-refractivity contribution >= 4 is 11.9 Å². The van der Waals surface area contributed by atoms with Gasteiger partial charge < -0.3 is 64.2 Å². The van der Waals surface area contributed by atoms with Crippen LogP contribution in [0.1, 0.15) is 194 Å². The van der Waals surface area contributed by atoms with Crippen molar-refractivity contribution in [1.29, 1.82) is 0 Å². The molecule has 2 aliphatic heterocycles. The number of esters is 2. The van der Waals surface area contributed by atoms with Gasteiger partial charge in [0.2, 0.25) is 0 Å². The normalized spacial score (nSPS) is 26.3. The number of aliphatic hydroxyl groups is 7. The summed E-state index contributed by atoms with van der Waals surface area (Å²) in [6, 6.07) is 0. The molecule has 0 aromatic carbocycles. The Bertz CT molecular complexity index is 1250. The monoisotopic (exact) mass is 945 g/mol. The van der Waals surface area contributed by atoms with E-state index in [4.69, 9.17) is 28.4 Å². The first-order valence-electron chi connectivity index (χ1n) is 25.9. The number of allylic oxidation sites excluding steroid dienone is 4. The second-order valence-electron chi connectivity index (χ2n) is 18.3. The minimum Gasteiger partial charge on any atom is -0.462 e. The third-order valence-corrected chi connectivity index (χ3v) is 12.4. The summed E-state index contributed by atoms with van der Waals surface area (Å²) in [5.41, 5.74) is 0. The van der Waals surface area contributed by atoms with Crippen molar-refractivity contribution < 1.29 is 73.8 Å². The first-order valence-corrected chi connectivity index (χ1v) is 25.9. The van der Waals surface area contributed by atoms with Crippen molar-refractivity contribution in [3.05, 3.63) is 24.3 Å². The molecular formula is C51H92O15. The Morgan fingerprint density at radius 1 is 0.470 bits per heavy atom. The molecular weight excluding hydrogens is 853 g/mol. The van der Waals surface area contributed by atoms with E-state index in [1.54, 1.807) is 0 Å². The first kappa shape index (κ1) is 60.1. The second kappa shape index (κ2) is 38.8. The third-order valence-electron chi connectivity index (χ3n) is 12.4. The van der Waals surface area contributed by atoms with Gasteiger partial charge in [0.15, 0.2) is 18.7 Å². The number of unbranched alkanes of at least 4 members (excludes halogenated alkanes) is 22. The first-order chi connectivity index (χ1) is 32.0. The van der Waals surface area contributed by atoms with Gasteiger partial charge in [-0.15, -0.1) is 0 Å². The molecule has 7 N–H and O–H groups in total. The molecule has 2 saturated heterocycles. The SMILES string of the molecule is CCCCCC/C=C/CCCCCCCCCC(=O)OC[C@H](CO[C@@H]1O[C@H](CO[C@@H]2O[C@H](CO)[C@H](O)C(O)C2O)[C@H](O)C(O)C1O)OC(=O)CCCCCCC/C=C/CCCCCCCC. The minimum atomic E-state index is -1.76. The molecule has 0 saturated carbocycles. The topological polar surface area (TPSA) is 231 Å². The summed E-state index contributed by atoms with van der Waals surface area (Å²) in [6.07, 6.45) is 22.0. The quantitative estimate of drug-likeness (QED) is 0.0184. The number of carbonyl (C=O) groups is 2. The van der Waals surface area contributed by atoms with Crippen LogP contribution in [0.3, 0.4) is 0 Å². The van der Waals surface area contributed by atoms with Gasteiger partial charge in [0.25, 0.3) is 0 Å². The maximum Gasteiger partial charge on any atom is 0.306 e. The van der Waals surface area contributed by atoms with E-state index in [2.05, 4.69) is 38.2 Å². The lowest BCUT2D eigenvalue weighted by molar-refractivity contribution is -0.332. The van der Waals surface area contributed by atoms with Crippen LogP contribution in [0, 0.1) is 0 Å². The van der Waals surface area contributed by atoms with Crippen LogP contribution >= 0.6 is 0 Å². The van der Waals surface area contributed by atoms with Gasteiger partial charge >= 0.3 is 11.9 Å². The Morgan fingerprint density at radius 3 is 1.35 bits per heavy atom. The molecule has 2 aliphatic rings. The van der Waals surface area contributed by atoms with E-state index in [9.17, 15) is 45.3 Å². The molecule has 0 aromatic heterocycles. The van der Waals surface area contributed by atoms with Crippen LogP contribution in [0.2, 0.25) is 0 Å². The van der Waals surface area contributed by atoms with Crippen LogP contribution in [-0.2, 0) is 38.0 Å². The number of hydrogen-bond acceptors (Lipinski definition) is 15. The number of ether oxygens (including phenoxy) is 6. The van der Waals surface area contributed by atoms with Crippen molar-refractivity contribution in [1.82, 2.24) is 0 Å². The average molecular weight is 945 g/mol. The molecule has 386 valence electrons. The largest absolute Gasteiger partial charge is 0.462 e. The Morgan fingerprint density at radius 2 is 0.864 bits per heavy atom. The predicted octanol–water partition coefficient (Wildman–Crippen LogP) is 7.16. The Balaban J connectivity index is 1.81. The van der Waals surface area contributed by atoms with E-state index in [1.807, 2.05) is 0 Å². The van der Waals surface area contributed by atoms with E-state index in [1.165, 1.54) is 89.9 Å². The summed E-state index contributed by atoms with van der Waals surface area (Å²) in [4.78, 5) is 25.7. The highest BCUT2D eigenvalue weighted by Gasteiger charge is 2.47. The van der Waals surface area contributed by atoms with Crippen molar-refractivity contribution in [2.24, 2.45) is 0 Å². The average Bonchev–Trinajstić information content (AvgIpc) is 3.31. The highest BCUT2D eigenvalue weighted by Crippen LogP contribution is 2.26. The zero-order valence-electron chi connectivity index (χ0n) is 40.7. The van der Waals surface area contributed by atoms with Crippen LogP contribution in [0.5, 0.6) is 0 Å². The van der Waals surface area contributed by atoms with Gasteiger partial charge in [-0.3, -0.25) is 9.59 Å². The van der Waals surface area contributed by atoms with Crippen LogP contribution in [0.15, 0.2) is 24.3 Å². The lowest BCUT2D eigenvalue weighted by atomic mass is 9.98. The van der Waals surface area contributed by atoms with Gasteiger partial charge in [-0.25, -0.2) is 0 Å². The summed E-state index contributed by atoms with van der Waals surface area (Å²) in [7, 11) is 0. The number of aliphatic hydroxyl groups excluding tert-OH is 7. The minimum absolute atomic E-state index is 0.156.